The molecule has 2 aromatic carbocycles. The van der Waals surface area contributed by atoms with Gasteiger partial charge in [-0.1, -0.05) is 26.0 Å². The standard InChI is InChI=1S/C19H21NO4/c1-13(2)14-4-3-5-16(10-14)24-12-19(21)20-15-6-7-17-18(11-15)23-9-8-22-17/h3-7,10-11,13H,8-9,12H2,1-2H3,(H,20,21). The maximum atomic E-state index is 12.1. The fourth-order valence-electron chi connectivity index (χ4n) is 2.43. The Labute approximate surface area is 141 Å². The summed E-state index contributed by atoms with van der Waals surface area (Å²) in [6.45, 7) is 5.25. The highest BCUT2D eigenvalue weighted by molar-refractivity contribution is 5.92. The highest BCUT2D eigenvalue weighted by atomic mass is 16.6. The fourth-order valence-corrected chi connectivity index (χ4v) is 2.43. The van der Waals surface area contributed by atoms with Gasteiger partial charge in [0.1, 0.15) is 19.0 Å². The van der Waals surface area contributed by atoms with Gasteiger partial charge in [0, 0.05) is 11.8 Å². The normalized spacial score (nSPS) is 12.8. The molecular weight excluding hydrogens is 306 g/mol. The zero-order valence-corrected chi connectivity index (χ0v) is 13.9. The molecule has 0 saturated heterocycles. The van der Waals surface area contributed by atoms with Crippen LogP contribution in [0.15, 0.2) is 42.5 Å². The van der Waals surface area contributed by atoms with E-state index in [0.29, 0.717) is 42.1 Å². The molecule has 0 aliphatic carbocycles. The van der Waals surface area contributed by atoms with E-state index in [9.17, 15) is 4.79 Å². The molecule has 1 amide bonds. The van der Waals surface area contributed by atoms with E-state index in [1.165, 1.54) is 5.56 Å². The highest BCUT2D eigenvalue weighted by Gasteiger charge is 2.13. The van der Waals surface area contributed by atoms with Crippen molar-refractivity contribution in [3.05, 3.63) is 48.0 Å². The third kappa shape index (κ3) is 3.98. The van der Waals surface area contributed by atoms with Crippen molar-refractivity contribution >= 4 is 11.6 Å². The fraction of sp³-hybridized carbons (Fsp3) is 0.316. The molecule has 0 bridgehead atoms. The Balaban J connectivity index is 1.57. The first-order valence-electron chi connectivity index (χ1n) is 8.04. The summed E-state index contributed by atoms with van der Waals surface area (Å²) < 4.78 is 16.5. The van der Waals surface area contributed by atoms with Gasteiger partial charge in [-0.15, -0.1) is 0 Å². The molecule has 0 atom stereocenters. The summed E-state index contributed by atoms with van der Waals surface area (Å²) in [5.41, 5.74) is 1.84. The summed E-state index contributed by atoms with van der Waals surface area (Å²) >= 11 is 0. The van der Waals surface area contributed by atoms with Gasteiger partial charge < -0.3 is 19.5 Å². The minimum Gasteiger partial charge on any atom is -0.486 e. The van der Waals surface area contributed by atoms with E-state index in [0.717, 1.165) is 0 Å². The van der Waals surface area contributed by atoms with Crippen LogP contribution in [0.1, 0.15) is 25.3 Å². The quantitative estimate of drug-likeness (QED) is 0.911. The number of hydrogen-bond acceptors (Lipinski definition) is 4. The van der Waals surface area contributed by atoms with Gasteiger partial charge in [-0.25, -0.2) is 0 Å². The SMILES string of the molecule is CC(C)c1cccc(OCC(=O)Nc2ccc3c(c2)OCCO3)c1. The number of amides is 1. The number of ether oxygens (including phenoxy) is 3. The lowest BCUT2D eigenvalue weighted by molar-refractivity contribution is -0.118. The van der Waals surface area contributed by atoms with Crippen molar-refractivity contribution in [3.63, 3.8) is 0 Å². The first-order chi connectivity index (χ1) is 11.6. The van der Waals surface area contributed by atoms with E-state index in [-0.39, 0.29) is 12.5 Å². The van der Waals surface area contributed by atoms with Gasteiger partial charge >= 0.3 is 0 Å². The Bertz CT molecular complexity index is 727. The van der Waals surface area contributed by atoms with Crippen LogP contribution < -0.4 is 19.5 Å². The Morgan fingerprint density at radius 1 is 1.12 bits per heavy atom. The van der Waals surface area contributed by atoms with Crippen LogP contribution in [0.4, 0.5) is 5.69 Å². The van der Waals surface area contributed by atoms with Gasteiger partial charge in [-0.05, 0) is 35.7 Å². The third-order valence-corrected chi connectivity index (χ3v) is 3.72. The summed E-state index contributed by atoms with van der Waals surface area (Å²) in [4.78, 5) is 12.1. The average Bonchev–Trinajstić information content (AvgIpc) is 2.60. The van der Waals surface area contributed by atoms with Crippen LogP contribution in [-0.2, 0) is 4.79 Å². The molecule has 5 nitrogen and oxygen atoms in total. The molecule has 24 heavy (non-hydrogen) atoms. The van der Waals surface area contributed by atoms with Crippen LogP contribution in [0.25, 0.3) is 0 Å². The van der Waals surface area contributed by atoms with E-state index in [4.69, 9.17) is 14.2 Å². The van der Waals surface area contributed by atoms with E-state index < -0.39 is 0 Å². The molecular formula is C19H21NO4. The van der Waals surface area contributed by atoms with E-state index in [2.05, 4.69) is 19.2 Å². The number of anilines is 1. The molecule has 0 unspecified atom stereocenters. The molecule has 126 valence electrons. The number of carbonyl (C=O) groups excluding carboxylic acids is 1. The number of hydrogen-bond donors (Lipinski definition) is 1. The second kappa shape index (κ2) is 7.25. The first-order valence-corrected chi connectivity index (χ1v) is 8.04. The first kappa shape index (κ1) is 16.2. The van der Waals surface area contributed by atoms with Crippen molar-refractivity contribution in [1.82, 2.24) is 0 Å². The van der Waals surface area contributed by atoms with Gasteiger partial charge in [0.15, 0.2) is 18.1 Å². The smallest absolute Gasteiger partial charge is 0.262 e. The van der Waals surface area contributed by atoms with Crippen molar-refractivity contribution in [2.24, 2.45) is 0 Å². The van der Waals surface area contributed by atoms with Crippen LogP contribution in [0.3, 0.4) is 0 Å². The summed E-state index contributed by atoms with van der Waals surface area (Å²) in [7, 11) is 0. The zero-order valence-electron chi connectivity index (χ0n) is 13.9. The predicted molar refractivity (Wildman–Crippen MR) is 92.1 cm³/mol. The van der Waals surface area contributed by atoms with Gasteiger partial charge in [-0.3, -0.25) is 4.79 Å². The molecule has 3 rings (SSSR count). The number of fused-ring (bicyclic) bond motifs is 1. The number of nitrogens with one attached hydrogen (secondary N) is 1. The molecule has 2 aromatic rings. The van der Waals surface area contributed by atoms with Gasteiger partial charge in [0.2, 0.25) is 0 Å². The van der Waals surface area contributed by atoms with Gasteiger partial charge in [0.05, 0.1) is 0 Å². The Morgan fingerprint density at radius 2 is 1.92 bits per heavy atom. The molecule has 0 radical (unpaired) electrons. The molecule has 1 aliphatic heterocycles. The maximum absolute atomic E-state index is 12.1. The Hall–Kier alpha value is -2.69. The summed E-state index contributed by atoms with van der Waals surface area (Å²) in [5, 5.41) is 2.80. The highest BCUT2D eigenvalue weighted by Crippen LogP contribution is 2.32. The summed E-state index contributed by atoms with van der Waals surface area (Å²) in [6, 6.07) is 13.1. The molecule has 0 aromatic heterocycles. The summed E-state index contributed by atoms with van der Waals surface area (Å²) in [5.74, 6) is 2.23. The molecule has 0 spiro atoms. The second-order valence-electron chi connectivity index (χ2n) is 5.92. The molecule has 5 heteroatoms. The topological polar surface area (TPSA) is 56.8 Å². The van der Waals surface area contributed by atoms with E-state index in [1.54, 1.807) is 18.2 Å². The molecule has 1 aliphatic rings. The minimum atomic E-state index is -0.221. The average molecular weight is 327 g/mol. The second-order valence-corrected chi connectivity index (χ2v) is 5.92. The molecule has 0 saturated carbocycles. The minimum absolute atomic E-state index is 0.0456. The number of carbonyl (C=O) groups is 1. The number of rotatable bonds is 5. The van der Waals surface area contributed by atoms with Crippen LogP contribution in [0, 0.1) is 0 Å². The van der Waals surface area contributed by atoms with Gasteiger partial charge in [-0.2, -0.15) is 0 Å². The lowest BCUT2D eigenvalue weighted by atomic mass is 10.0. The lowest BCUT2D eigenvalue weighted by Crippen LogP contribution is -2.20. The maximum Gasteiger partial charge on any atom is 0.262 e. The van der Waals surface area contributed by atoms with Crippen molar-refractivity contribution in [2.75, 3.05) is 25.1 Å². The van der Waals surface area contributed by atoms with Crippen LogP contribution >= 0.6 is 0 Å². The van der Waals surface area contributed by atoms with Crippen molar-refractivity contribution in [1.29, 1.82) is 0 Å². The Morgan fingerprint density at radius 3 is 2.71 bits per heavy atom. The van der Waals surface area contributed by atoms with Crippen molar-refractivity contribution in [3.8, 4) is 17.2 Å². The monoisotopic (exact) mass is 327 g/mol. The largest absolute Gasteiger partial charge is 0.486 e. The van der Waals surface area contributed by atoms with E-state index >= 15 is 0 Å². The third-order valence-electron chi connectivity index (χ3n) is 3.72. The zero-order chi connectivity index (χ0) is 16.9. The molecule has 0 fully saturated rings. The van der Waals surface area contributed by atoms with E-state index in [1.807, 2.05) is 24.3 Å². The summed E-state index contributed by atoms with van der Waals surface area (Å²) in [6.07, 6.45) is 0. The predicted octanol–water partition coefficient (Wildman–Crippen LogP) is 3.60. The molecule has 1 heterocycles. The lowest BCUT2D eigenvalue weighted by Gasteiger charge is -2.19. The number of benzene rings is 2. The van der Waals surface area contributed by atoms with Crippen molar-refractivity contribution in [2.45, 2.75) is 19.8 Å². The van der Waals surface area contributed by atoms with Gasteiger partial charge in [0.25, 0.3) is 5.91 Å². The van der Waals surface area contributed by atoms with Crippen LogP contribution in [0.5, 0.6) is 17.2 Å². The van der Waals surface area contributed by atoms with Crippen LogP contribution in [0.2, 0.25) is 0 Å². The molecule has 1 N–H and O–H groups in total. The van der Waals surface area contributed by atoms with Crippen LogP contribution in [-0.4, -0.2) is 25.7 Å². The van der Waals surface area contributed by atoms with Crippen molar-refractivity contribution < 1.29 is 19.0 Å². The Kier molecular flexibility index (Phi) is 4.89.